The van der Waals surface area contributed by atoms with E-state index >= 15 is 0 Å². The number of hydrogen-bond acceptors (Lipinski definition) is 5. The number of nitrogens with zero attached hydrogens (tertiary/aromatic N) is 2. The Morgan fingerprint density at radius 1 is 1.29 bits per heavy atom. The van der Waals surface area contributed by atoms with Crippen molar-refractivity contribution in [1.82, 2.24) is 15.1 Å². The summed E-state index contributed by atoms with van der Waals surface area (Å²) in [7, 11) is 0. The number of amides is 1. The van der Waals surface area contributed by atoms with Gasteiger partial charge in [0.05, 0.1) is 0 Å². The first-order valence-electron chi connectivity index (χ1n) is 6.92. The summed E-state index contributed by atoms with van der Waals surface area (Å²) in [6, 6.07) is 1.83. The number of aromatic nitrogens is 2. The first kappa shape index (κ1) is 19.5. The molecule has 2 heterocycles. The third-order valence-corrected chi connectivity index (χ3v) is 2.41. The summed E-state index contributed by atoms with van der Waals surface area (Å²) in [6.45, 7) is 7.41. The molecule has 1 aliphatic rings. The number of hydrogen-bond donors (Lipinski definition) is 3. The Kier molecular flexibility index (Phi) is 10.3. The van der Waals surface area contributed by atoms with Crippen molar-refractivity contribution in [2.24, 2.45) is 0 Å². The monoisotopic (exact) mass is 298 g/mol. The molecule has 1 fully saturated rings. The Balaban J connectivity index is 0.000000410. The van der Waals surface area contributed by atoms with Crippen molar-refractivity contribution in [1.29, 1.82) is 0 Å². The molecule has 0 bridgehead atoms. The highest BCUT2D eigenvalue weighted by Gasteiger charge is 2.22. The van der Waals surface area contributed by atoms with E-state index < -0.39 is 0 Å². The minimum atomic E-state index is -0.367. The van der Waals surface area contributed by atoms with Crippen LogP contribution in [0.25, 0.3) is 0 Å². The minimum Gasteiger partial charge on any atom is -0.444 e. The normalized spacial score (nSPS) is 14.0. The van der Waals surface area contributed by atoms with Gasteiger partial charge in [-0.3, -0.25) is 5.10 Å². The molecule has 2 rings (SSSR count). The van der Waals surface area contributed by atoms with Crippen molar-refractivity contribution < 1.29 is 19.6 Å². The predicted octanol–water partition coefficient (Wildman–Crippen LogP) is 1.32. The van der Waals surface area contributed by atoms with E-state index in [1.54, 1.807) is 17.3 Å². The molecule has 0 aliphatic carbocycles. The highest BCUT2D eigenvalue weighted by atomic mass is 16.6. The zero-order valence-corrected chi connectivity index (χ0v) is 13.0. The number of ether oxygens (including phenoxy) is 1. The van der Waals surface area contributed by atoms with Gasteiger partial charge in [-0.25, -0.2) is 4.79 Å². The molecule has 119 valence electrons. The first-order chi connectivity index (χ1) is 9.90. The fraction of sp³-hybridized carbons (Fsp3) is 0.692. The third-order valence-electron chi connectivity index (χ3n) is 2.41. The lowest BCUT2D eigenvalue weighted by atomic mass is 10.1. The minimum absolute atomic E-state index is 0. The summed E-state index contributed by atoms with van der Waals surface area (Å²) < 4.78 is 5.26. The molecule has 1 aromatic heterocycles. The van der Waals surface area contributed by atoms with Crippen molar-refractivity contribution >= 4 is 13.8 Å². The molecule has 0 saturated carbocycles. The topological polar surface area (TPSA) is 98.7 Å². The van der Waals surface area contributed by atoms with Crippen LogP contribution in [0.5, 0.6) is 0 Å². The van der Waals surface area contributed by atoms with Gasteiger partial charge in [0.15, 0.2) is 0 Å². The number of piperidine rings is 1. The Morgan fingerprint density at radius 3 is 2.19 bits per heavy atom. The van der Waals surface area contributed by atoms with Crippen LogP contribution in [-0.2, 0) is 4.74 Å². The fourth-order valence-corrected chi connectivity index (χ4v) is 1.62. The molecular weight excluding hydrogens is 273 g/mol. The Hall–Kier alpha value is -1.54. The van der Waals surface area contributed by atoms with Crippen LogP contribution < -0.4 is 0 Å². The standard InChI is InChI=1S/C10H19NO2.C3H4N2.BH2O2/c1-10(2,3)13-9(12)11-7-5-4-6-8-11;1-2-4-5-3-1;2-1-3/h4-8H2,1-3H3;1-3H,(H,4,5);2-3H. The van der Waals surface area contributed by atoms with E-state index in [-0.39, 0.29) is 19.4 Å². The van der Waals surface area contributed by atoms with E-state index in [4.69, 9.17) is 14.8 Å². The van der Waals surface area contributed by atoms with Gasteiger partial charge in [-0.15, -0.1) is 0 Å². The largest absolute Gasteiger partial charge is 0.482 e. The first-order valence-corrected chi connectivity index (χ1v) is 6.92. The van der Waals surface area contributed by atoms with Crippen LogP contribution in [0.2, 0.25) is 0 Å². The van der Waals surface area contributed by atoms with Gasteiger partial charge in [-0.05, 0) is 46.1 Å². The van der Waals surface area contributed by atoms with E-state index in [0.29, 0.717) is 0 Å². The van der Waals surface area contributed by atoms with Crippen molar-refractivity contribution in [3.63, 3.8) is 0 Å². The number of aromatic amines is 1. The van der Waals surface area contributed by atoms with Crippen LogP contribution >= 0.6 is 0 Å². The van der Waals surface area contributed by atoms with E-state index in [2.05, 4.69) is 10.2 Å². The molecule has 1 saturated heterocycles. The van der Waals surface area contributed by atoms with Gasteiger partial charge in [0, 0.05) is 25.5 Å². The quantitative estimate of drug-likeness (QED) is 0.627. The van der Waals surface area contributed by atoms with Gasteiger partial charge in [0.2, 0.25) is 0 Å². The van der Waals surface area contributed by atoms with E-state index in [1.807, 2.05) is 26.8 Å². The van der Waals surface area contributed by atoms with E-state index in [1.165, 1.54) is 6.42 Å². The number of likely N-dealkylation sites (tertiary alicyclic amines) is 1. The Morgan fingerprint density at radius 2 is 1.86 bits per heavy atom. The van der Waals surface area contributed by atoms with Gasteiger partial charge in [0.1, 0.15) is 5.60 Å². The SMILES string of the molecule is CC(C)(C)OC(=O)N1CCCCC1.O[B]O.c1cn[nH]c1. The summed E-state index contributed by atoms with van der Waals surface area (Å²) in [5.41, 5.74) is -0.367. The molecule has 1 amide bonds. The maximum atomic E-state index is 11.5. The van der Waals surface area contributed by atoms with Gasteiger partial charge >= 0.3 is 13.8 Å². The van der Waals surface area contributed by atoms with Gasteiger partial charge in [-0.1, -0.05) is 0 Å². The van der Waals surface area contributed by atoms with Crippen molar-refractivity contribution in [3.05, 3.63) is 18.5 Å². The number of H-pyrrole nitrogens is 1. The smallest absolute Gasteiger partial charge is 0.444 e. The molecule has 1 aromatic rings. The number of carbonyl (C=O) groups excluding carboxylic acids is 1. The Bertz CT molecular complexity index is 332. The van der Waals surface area contributed by atoms with Crippen LogP contribution in [0.4, 0.5) is 4.79 Å². The Labute approximate surface area is 126 Å². The summed E-state index contributed by atoms with van der Waals surface area (Å²) in [5.74, 6) is 0. The van der Waals surface area contributed by atoms with Gasteiger partial charge < -0.3 is 19.7 Å². The number of nitrogens with one attached hydrogen (secondary N) is 1. The lowest BCUT2D eigenvalue weighted by Crippen LogP contribution is -2.39. The van der Waals surface area contributed by atoms with Crippen molar-refractivity contribution in [2.45, 2.75) is 45.6 Å². The molecule has 0 spiro atoms. The van der Waals surface area contributed by atoms with Crippen LogP contribution in [-0.4, -0.2) is 57.6 Å². The second kappa shape index (κ2) is 11.2. The van der Waals surface area contributed by atoms with Gasteiger partial charge in [-0.2, -0.15) is 5.10 Å². The summed E-state index contributed by atoms with van der Waals surface area (Å²) in [4.78, 5) is 13.3. The second-order valence-electron chi connectivity index (χ2n) is 5.41. The predicted molar refractivity (Wildman–Crippen MR) is 80.4 cm³/mol. The van der Waals surface area contributed by atoms with Crippen LogP contribution in [0.1, 0.15) is 40.0 Å². The van der Waals surface area contributed by atoms with Crippen molar-refractivity contribution in [3.8, 4) is 0 Å². The zero-order valence-electron chi connectivity index (χ0n) is 13.0. The highest BCUT2D eigenvalue weighted by Crippen LogP contribution is 2.14. The number of carbonyl (C=O) groups is 1. The summed E-state index contributed by atoms with van der Waals surface area (Å²) in [6.07, 6.45) is 6.75. The summed E-state index contributed by atoms with van der Waals surface area (Å²) in [5, 5.41) is 20.2. The average Bonchev–Trinajstić information content (AvgIpc) is 2.98. The average molecular weight is 298 g/mol. The second-order valence-corrected chi connectivity index (χ2v) is 5.41. The third kappa shape index (κ3) is 12.0. The lowest BCUT2D eigenvalue weighted by molar-refractivity contribution is 0.0216. The van der Waals surface area contributed by atoms with Crippen LogP contribution in [0.3, 0.4) is 0 Å². The lowest BCUT2D eigenvalue weighted by Gasteiger charge is -2.29. The molecule has 0 atom stereocenters. The van der Waals surface area contributed by atoms with E-state index in [0.717, 1.165) is 25.9 Å². The maximum Gasteiger partial charge on any atom is 0.482 e. The fourth-order valence-electron chi connectivity index (χ4n) is 1.62. The molecule has 3 N–H and O–H groups in total. The zero-order chi connectivity index (χ0) is 16.1. The van der Waals surface area contributed by atoms with Crippen LogP contribution in [0, 0.1) is 0 Å². The molecule has 7 nitrogen and oxygen atoms in total. The molecule has 21 heavy (non-hydrogen) atoms. The molecule has 8 heteroatoms. The highest BCUT2D eigenvalue weighted by molar-refractivity contribution is 6.13. The van der Waals surface area contributed by atoms with E-state index in [9.17, 15) is 4.79 Å². The molecule has 1 radical (unpaired) electrons. The molecule has 0 aromatic carbocycles. The van der Waals surface area contributed by atoms with Crippen molar-refractivity contribution in [2.75, 3.05) is 13.1 Å². The molecule has 0 unspecified atom stereocenters. The summed E-state index contributed by atoms with van der Waals surface area (Å²) >= 11 is 0. The number of rotatable bonds is 0. The molecule has 1 aliphatic heterocycles. The molecular formula is C13H25BN3O4. The van der Waals surface area contributed by atoms with Crippen LogP contribution in [0.15, 0.2) is 18.5 Å². The van der Waals surface area contributed by atoms with Gasteiger partial charge in [0.25, 0.3) is 0 Å². The maximum absolute atomic E-state index is 11.5.